The molecule has 2 N–H and O–H groups in total. The van der Waals surface area contributed by atoms with Gasteiger partial charge in [-0.1, -0.05) is 17.7 Å². The van der Waals surface area contributed by atoms with Crippen LogP contribution in [-0.2, 0) is 14.8 Å². The number of carbonyl (C=O) groups is 1. The van der Waals surface area contributed by atoms with E-state index in [0.29, 0.717) is 11.4 Å². The Bertz CT molecular complexity index is 735. The average molecular weight is 304 g/mol. The Morgan fingerprint density at radius 2 is 1.43 bits per heavy atom. The van der Waals surface area contributed by atoms with E-state index in [9.17, 15) is 13.2 Å². The van der Waals surface area contributed by atoms with Crippen LogP contribution in [0.2, 0.25) is 0 Å². The molecule has 5 nitrogen and oxygen atoms in total. The Morgan fingerprint density at radius 1 is 0.905 bits per heavy atom. The highest BCUT2D eigenvalue weighted by atomic mass is 32.2. The Hall–Kier alpha value is -2.34. The van der Waals surface area contributed by atoms with Gasteiger partial charge in [0.05, 0.1) is 4.90 Å². The Morgan fingerprint density at radius 3 is 1.95 bits per heavy atom. The number of amides is 1. The Labute approximate surface area is 124 Å². The zero-order valence-electron chi connectivity index (χ0n) is 11.8. The van der Waals surface area contributed by atoms with Crippen LogP contribution < -0.4 is 10.0 Å². The fraction of sp³-hybridized carbons (Fsp3) is 0.133. The quantitative estimate of drug-likeness (QED) is 0.912. The van der Waals surface area contributed by atoms with Crippen LogP contribution in [-0.4, -0.2) is 14.3 Å². The van der Waals surface area contributed by atoms with Gasteiger partial charge in [-0.2, -0.15) is 0 Å². The highest BCUT2D eigenvalue weighted by Crippen LogP contribution is 2.18. The van der Waals surface area contributed by atoms with E-state index in [4.69, 9.17) is 0 Å². The maximum absolute atomic E-state index is 12.2. The molecule has 0 radical (unpaired) electrons. The van der Waals surface area contributed by atoms with Crippen LogP contribution in [0.4, 0.5) is 11.4 Å². The van der Waals surface area contributed by atoms with Crippen molar-refractivity contribution < 1.29 is 13.2 Å². The molecule has 0 spiro atoms. The summed E-state index contributed by atoms with van der Waals surface area (Å²) < 4.78 is 26.9. The molecule has 2 aromatic rings. The molecule has 0 aromatic heterocycles. The molecule has 0 aliphatic carbocycles. The van der Waals surface area contributed by atoms with Crippen molar-refractivity contribution in [1.29, 1.82) is 0 Å². The van der Waals surface area contributed by atoms with Crippen molar-refractivity contribution in [3.05, 3.63) is 54.1 Å². The van der Waals surface area contributed by atoms with Crippen molar-refractivity contribution in [1.82, 2.24) is 0 Å². The molecular weight excluding hydrogens is 288 g/mol. The third kappa shape index (κ3) is 4.06. The number of nitrogens with one attached hydrogen (secondary N) is 2. The number of hydrogen-bond donors (Lipinski definition) is 2. The SMILES string of the molecule is CC(=O)Nc1ccc(NS(=O)(=O)c2ccc(C)cc2)cc1. The topological polar surface area (TPSA) is 75.3 Å². The molecule has 0 aliphatic rings. The van der Waals surface area contributed by atoms with Crippen LogP contribution in [0.25, 0.3) is 0 Å². The van der Waals surface area contributed by atoms with E-state index in [2.05, 4.69) is 10.0 Å². The molecule has 0 atom stereocenters. The number of carbonyl (C=O) groups excluding carboxylic acids is 1. The summed E-state index contributed by atoms with van der Waals surface area (Å²) in [5, 5.41) is 2.62. The molecule has 2 aromatic carbocycles. The van der Waals surface area contributed by atoms with E-state index in [1.165, 1.54) is 6.92 Å². The van der Waals surface area contributed by atoms with E-state index >= 15 is 0 Å². The van der Waals surface area contributed by atoms with Gasteiger partial charge in [0, 0.05) is 18.3 Å². The first-order valence-electron chi connectivity index (χ1n) is 6.34. The highest BCUT2D eigenvalue weighted by Gasteiger charge is 2.13. The monoisotopic (exact) mass is 304 g/mol. The summed E-state index contributed by atoms with van der Waals surface area (Å²) >= 11 is 0. The summed E-state index contributed by atoms with van der Waals surface area (Å²) in [4.78, 5) is 11.1. The molecule has 0 unspecified atom stereocenters. The van der Waals surface area contributed by atoms with Crippen molar-refractivity contribution in [2.45, 2.75) is 18.7 Å². The zero-order chi connectivity index (χ0) is 15.5. The van der Waals surface area contributed by atoms with Crippen LogP contribution in [0.15, 0.2) is 53.4 Å². The van der Waals surface area contributed by atoms with Gasteiger partial charge < -0.3 is 5.32 Å². The van der Waals surface area contributed by atoms with Gasteiger partial charge in [-0.15, -0.1) is 0 Å². The van der Waals surface area contributed by atoms with E-state index in [1.807, 2.05) is 6.92 Å². The summed E-state index contributed by atoms with van der Waals surface area (Å²) in [5.41, 5.74) is 2.04. The molecule has 0 aliphatic heterocycles. The minimum Gasteiger partial charge on any atom is -0.326 e. The normalized spacial score (nSPS) is 11.0. The Balaban J connectivity index is 2.16. The molecule has 0 fully saturated rings. The molecule has 0 heterocycles. The van der Waals surface area contributed by atoms with Crippen molar-refractivity contribution in [2.75, 3.05) is 10.0 Å². The second-order valence-corrected chi connectivity index (χ2v) is 6.36. The lowest BCUT2D eigenvalue weighted by molar-refractivity contribution is -0.114. The molecular formula is C15H16N2O3S. The molecule has 2 rings (SSSR count). The summed E-state index contributed by atoms with van der Waals surface area (Å²) in [6.45, 7) is 3.30. The van der Waals surface area contributed by atoms with E-state index in [1.54, 1.807) is 48.5 Å². The first kappa shape index (κ1) is 15.1. The van der Waals surface area contributed by atoms with Gasteiger partial charge >= 0.3 is 0 Å². The minimum atomic E-state index is -3.60. The summed E-state index contributed by atoms with van der Waals surface area (Å²) in [5.74, 6) is -0.178. The standard InChI is InChI=1S/C15H16N2O3S/c1-11-3-9-15(10-4-11)21(19,20)17-14-7-5-13(6-8-14)16-12(2)18/h3-10,17H,1-2H3,(H,16,18). The summed E-state index contributed by atoms with van der Waals surface area (Å²) in [7, 11) is -3.60. The molecule has 0 saturated heterocycles. The maximum atomic E-state index is 12.2. The number of benzene rings is 2. The lowest BCUT2D eigenvalue weighted by Gasteiger charge is -2.09. The van der Waals surface area contributed by atoms with Crippen molar-refractivity contribution in [2.24, 2.45) is 0 Å². The molecule has 0 saturated carbocycles. The smallest absolute Gasteiger partial charge is 0.261 e. The number of rotatable bonds is 4. The van der Waals surface area contributed by atoms with Crippen LogP contribution in [0, 0.1) is 6.92 Å². The van der Waals surface area contributed by atoms with Gasteiger partial charge in [-0.05, 0) is 43.3 Å². The summed E-state index contributed by atoms with van der Waals surface area (Å²) in [6.07, 6.45) is 0. The van der Waals surface area contributed by atoms with Gasteiger partial charge in [0.15, 0.2) is 0 Å². The van der Waals surface area contributed by atoms with E-state index in [-0.39, 0.29) is 10.8 Å². The predicted molar refractivity (Wildman–Crippen MR) is 82.7 cm³/mol. The number of hydrogen-bond acceptors (Lipinski definition) is 3. The predicted octanol–water partition coefficient (Wildman–Crippen LogP) is 2.75. The average Bonchev–Trinajstić information content (AvgIpc) is 2.40. The van der Waals surface area contributed by atoms with Crippen LogP contribution >= 0.6 is 0 Å². The third-order valence-electron chi connectivity index (χ3n) is 2.79. The van der Waals surface area contributed by atoms with Crippen LogP contribution in [0.5, 0.6) is 0 Å². The van der Waals surface area contributed by atoms with Gasteiger partial charge in [0.2, 0.25) is 5.91 Å². The summed E-state index contributed by atoms with van der Waals surface area (Å²) in [6, 6.07) is 13.1. The van der Waals surface area contributed by atoms with Crippen molar-refractivity contribution >= 4 is 27.3 Å². The highest BCUT2D eigenvalue weighted by molar-refractivity contribution is 7.92. The maximum Gasteiger partial charge on any atom is 0.261 e. The molecule has 0 bridgehead atoms. The van der Waals surface area contributed by atoms with Gasteiger partial charge in [0.1, 0.15) is 0 Å². The van der Waals surface area contributed by atoms with E-state index in [0.717, 1.165) is 5.56 Å². The number of sulfonamides is 1. The number of aryl methyl sites for hydroxylation is 1. The fourth-order valence-electron chi connectivity index (χ4n) is 1.76. The first-order chi connectivity index (χ1) is 9.87. The largest absolute Gasteiger partial charge is 0.326 e. The van der Waals surface area contributed by atoms with Gasteiger partial charge in [0.25, 0.3) is 10.0 Å². The molecule has 110 valence electrons. The third-order valence-corrected chi connectivity index (χ3v) is 4.19. The number of anilines is 2. The van der Waals surface area contributed by atoms with E-state index < -0.39 is 10.0 Å². The second-order valence-electron chi connectivity index (χ2n) is 4.68. The van der Waals surface area contributed by atoms with Gasteiger partial charge in [-0.3, -0.25) is 9.52 Å². The van der Waals surface area contributed by atoms with Crippen LogP contribution in [0.1, 0.15) is 12.5 Å². The zero-order valence-corrected chi connectivity index (χ0v) is 12.6. The fourth-order valence-corrected chi connectivity index (χ4v) is 2.81. The molecule has 21 heavy (non-hydrogen) atoms. The van der Waals surface area contributed by atoms with Gasteiger partial charge in [-0.25, -0.2) is 8.42 Å². The van der Waals surface area contributed by atoms with Crippen LogP contribution in [0.3, 0.4) is 0 Å². The Kier molecular flexibility index (Phi) is 4.28. The van der Waals surface area contributed by atoms with Crippen molar-refractivity contribution in [3.8, 4) is 0 Å². The second kappa shape index (κ2) is 5.97. The lowest BCUT2D eigenvalue weighted by atomic mass is 10.2. The first-order valence-corrected chi connectivity index (χ1v) is 7.82. The molecule has 1 amide bonds. The molecule has 6 heteroatoms. The lowest BCUT2D eigenvalue weighted by Crippen LogP contribution is -2.13. The van der Waals surface area contributed by atoms with Crippen molar-refractivity contribution in [3.63, 3.8) is 0 Å². The minimum absolute atomic E-state index is 0.178.